The molecule has 222 valence electrons. The summed E-state index contributed by atoms with van der Waals surface area (Å²) in [6.45, 7) is 2.96. The number of non-ortho nitro benzene ring substituents is 1. The number of rotatable bonds is 10. The number of nitro benzene ring substituents is 1. The van der Waals surface area contributed by atoms with Crippen LogP contribution in [-0.2, 0) is 16.1 Å². The third-order valence-electron chi connectivity index (χ3n) is 8.84. The molecule has 2 aliphatic carbocycles. The van der Waals surface area contributed by atoms with Crippen LogP contribution in [0.4, 0.5) is 10.5 Å². The van der Waals surface area contributed by atoms with Crippen molar-refractivity contribution in [3.05, 3.63) is 76.3 Å². The number of amides is 1. The maximum atomic E-state index is 12.5. The van der Waals surface area contributed by atoms with Crippen LogP contribution in [0.3, 0.4) is 0 Å². The van der Waals surface area contributed by atoms with Crippen molar-refractivity contribution in [3.63, 3.8) is 0 Å². The van der Waals surface area contributed by atoms with E-state index in [0.717, 1.165) is 58.2 Å². The molecule has 2 aromatic carbocycles. The molecule has 1 N–H and O–H groups in total. The van der Waals surface area contributed by atoms with Crippen LogP contribution in [0.1, 0.15) is 56.9 Å². The SMILES string of the molecule is CN(C(=O)OCc1ccc([N+](=O)[O-])cc1)C1CCN(C[C@@H]2CCC(C(CC3CC3)C(=O)O)C2)CC1.c1ccccc1. The average molecular weight is 566 g/mol. The number of hydrogen-bond acceptors (Lipinski definition) is 6. The van der Waals surface area contributed by atoms with Crippen molar-refractivity contribution in [3.8, 4) is 0 Å². The molecule has 0 aromatic heterocycles. The number of benzene rings is 2. The van der Waals surface area contributed by atoms with Gasteiger partial charge in [0.2, 0.25) is 0 Å². The second-order valence-corrected chi connectivity index (χ2v) is 11.8. The summed E-state index contributed by atoms with van der Waals surface area (Å²) in [5, 5.41) is 20.5. The summed E-state index contributed by atoms with van der Waals surface area (Å²) in [6, 6.07) is 18.1. The highest BCUT2D eigenvalue weighted by Gasteiger charge is 2.39. The Morgan fingerprint density at radius 2 is 1.56 bits per heavy atom. The molecule has 3 atom stereocenters. The first-order valence-corrected chi connectivity index (χ1v) is 14.9. The number of likely N-dealkylation sites (tertiary alicyclic amines) is 1. The Morgan fingerprint density at radius 1 is 0.976 bits per heavy atom. The maximum absolute atomic E-state index is 12.5. The molecule has 0 spiro atoms. The zero-order chi connectivity index (χ0) is 29.2. The van der Waals surface area contributed by atoms with Crippen LogP contribution >= 0.6 is 0 Å². The predicted molar refractivity (Wildman–Crippen MR) is 156 cm³/mol. The van der Waals surface area contributed by atoms with Crippen LogP contribution in [0.5, 0.6) is 0 Å². The van der Waals surface area contributed by atoms with Gasteiger partial charge in [-0.25, -0.2) is 4.79 Å². The molecule has 0 radical (unpaired) electrons. The van der Waals surface area contributed by atoms with Gasteiger partial charge < -0.3 is 19.6 Å². The van der Waals surface area contributed by atoms with Gasteiger partial charge in [0, 0.05) is 44.9 Å². The van der Waals surface area contributed by atoms with E-state index in [2.05, 4.69) is 4.90 Å². The Bertz CT molecular complexity index is 1090. The quantitative estimate of drug-likeness (QED) is 0.268. The summed E-state index contributed by atoms with van der Waals surface area (Å²) >= 11 is 0. The fourth-order valence-corrected chi connectivity index (χ4v) is 6.20. The highest BCUT2D eigenvalue weighted by atomic mass is 16.6. The molecular formula is C32H43N3O6. The first-order valence-electron chi connectivity index (χ1n) is 14.9. The van der Waals surface area contributed by atoms with Gasteiger partial charge in [-0.2, -0.15) is 0 Å². The van der Waals surface area contributed by atoms with E-state index in [9.17, 15) is 24.8 Å². The topological polar surface area (TPSA) is 113 Å². The third kappa shape index (κ3) is 9.56. The molecule has 5 rings (SSSR count). The lowest BCUT2D eigenvalue weighted by Gasteiger charge is -2.37. The molecule has 2 saturated carbocycles. The molecule has 9 heteroatoms. The lowest BCUT2D eigenvalue weighted by molar-refractivity contribution is -0.384. The van der Waals surface area contributed by atoms with Crippen LogP contribution in [0.15, 0.2) is 60.7 Å². The molecular weight excluding hydrogens is 522 g/mol. The smallest absolute Gasteiger partial charge is 0.410 e. The summed E-state index contributed by atoms with van der Waals surface area (Å²) in [6.07, 6.45) is 7.85. The van der Waals surface area contributed by atoms with Crippen LogP contribution in [0.25, 0.3) is 0 Å². The summed E-state index contributed by atoms with van der Waals surface area (Å²) < 4.78 is 5.42. The second kappa shape index (κ2) is 15.0. The van der Waals surface area contributed by atoms with Crippen molar-refractivity contribution in [1.82, 2.24) is 9.80 Å². The van der Waals surface area contributed by atoms with E-state index >= 15 is 0 Å². The molecule has 3 fully saturated rings. The number of carbonyl (C=O) groups is 2. The summed E-state index contributed by atoms with van der Waals surface area (Å²) in [5.41, 5.74) is 0.723. The number of carboxylic acid groups (broad SMARTS) is 1. The summed E-state index contributed by atoms with van der Waals surface area (Å²) in [5.74, 6) is 0.775. The van der Waals surface area contributed by atoms with Gasteiger partial charge in [-0.05, 0) is 74.0 Å². The Morgan fingerprint density at radius 3 is 2.10 bits per heavy atom. The number of nitro groups is 1. The average Bonchev–Trinajstić information content (AvgIpc) is 3.71. The van der Waals surface area contributed by atoms with Crippen molar-refractivity contribution in [2.75, 3.05) is 26.7 Å². The summed E-state index contributed by atoms with van der Waals surface area (Å²) in [7, 11) is 1.77. The normalized spacial score (nSPS) is 21.8. The predicted octanol–water partition coefficient (Wildman–Crippen LogP) is 6.23. The highest BCUT2D eigenvalue weighted by molar-refractivity contribution is 5.70. The van der Waals surface area contributed by atoms with E-state index < -0.39 is 10.9 Å². The van der Waals surface area contributed by atoms with Crippen molar-refractivity contribution < 1.29 is 24.4 Å². The highest BCUT2D eigenvalue weighted by Crippen LogP contribution is 2.43. The fraction of sp³-hybridized carbons (Fsp3) is 0.562. The Kier molecular flexibility index (Phi) is 11.1. The molecule has 2 unspecified atom stereocenters. The zero-order valence-corrected chi connectivity index (χ0v) is 24.0. The van der Waals surface area contributed by atoms with Crippen LogP contribution < -0.4 is 0 Å². The van der Waals surface area contributed by atoms with Crippen LogP contribution in [0, 0.1) is 33.8 Å². The first-order chi connectivity index (χ1) is 19.8. The molecule has 2 aromatic rings. The number of hydrogen-bond donors (Lipinski definition) is 1. The minimum Gasteiger partial charge on any atom is -0.481 e. The van der Waals surface area contributed by atoms with Gasteiger partial charge in [0.15, 0.2) is 0 Å². The van der Waals surface area contributed by atoms with Gasteiger partial charge in [0.25, 0.3) is 5.69 Å². The van der Waals surface area contributed by atoms with Gasteiger partial charge in [-0.15, -0.1) is 0 Å². The van der Waals surface area contributed by atoms with Crippen molar-refractivity contribution in [1.29, 1.82) is 0 Å². The Hall–Kier alpha value is -3.46. The van der Waals surface area contributed by atoms with Gasteiger partial charge in [-0.1, -0.05) is 49.2 Å². The van der Waals surface area contributed by atoms with E-state index in [0.29, 0.717) is 23.3 Å². The lowest BCUT2D eigenvalue weighted by atomic mass is 9.86. The molecule has 1 amide bonds. The summed E-state index contributed by atoms with van der Waals surface area (Å²) in [4.78, 5) is 38.7. The minimum atomic E-state index is -0.605. The van der Waals surface area contributed by atoms with E-state index in [1.165, 1.54) is 25.0 Å². The third-order valence-corrected chi connectivity index (χ3v) is 8.84. The van der Waals surface area contributed by atoms with Crippen molar-refractivity contribution in [2.24, 2.45) is 23.7 Å². The van der Waals surface area contributed by atoms with Crippen LogP contribution in [-0.4, -0.2) is 64.6 Å². The molecule has 3 aliphatic rings. The number of nitrogens with zero attached hydrogens (tertiary/aromatic N) is 3. The van der Waals surface area contributed by atoms with Gasteiger partial charge in [0.05, 0.1) is 10.8 Å². The van der Waals surface area contributed by atoms with Crippen molar-refractivity contribution >= 4 is 17.7 Å². The molecule has 1 heterocycles. The molecule has 1 aliphatic heterocycles. The number of piperidine rings is 1. The maximum Gasteiger partial charge on any atom is 0.410 e. The number of carbonyl (C=O) groups excluding carboxylic acids is 1. The largest absolute Gasteiger partial charge is 0.481 e. The van der Waals surface area contributed by atoms with Crippen molar-refractivity contribution in [2.45, 2.75) is 64.0 Å². The monoisotopic (exact) mass is 565 g/mol. The van der Waals surface area contributed by atoms with Crippen LogP contribution in [0.2, 0.25) is 0 Å². The Labute approximate surface area is 242 Å². The second-order valence-electron chi connectivity index (χ2n) is 11.8. The lowest BCUT2D eigenvalue weighted by Crippen LogP contribution is -2.46. The van der Waals surface area contributed by atoms with E-state index in [1.807, 2.05) is 36.4 Å². The first kappa shape index (κ1) is 30.5. The van der Waals surface area contributed by atoms with Gasteiger partial charge in [0.1, 0.15) is 6.61 Å². The molecule has 9 nitrogen and oxygen atoms in total. The minimum absolute atomic E-state index is 0.0111. The Balaban J connectivity index is 0.000000572. The number of ether oxygens (including phenoxy) is 1. The van der Waals surface area contributed by atoms with E-state index in [-0.39, 0.29) is 30.3 Å². The molecule has 41 heavy (non-hydrogen) atoms. The zero-order valence-electron chi connectivity index (χ0n) is 24.0. The van der Waals surface area contributed by atoms with Gasteiger partial charge in [-0.3, -0.25) is 14.9 Å². The van der Waals surface area contributed by atoms with Gasteiger partial charge >= 0.3 is 12.1 Å². The number of aliphatic carboxylic acids is 1. The molecule has 0 bridgehead atoms. The standard InChI is InChI=1S/C26H37N3O6.C6H6/c1-27(26(32)35-17-19-5-8-23(9-6-19)29(33)34)22-10-12-28(13-11-22)16-20-4-7-21(14-20)24(25(30)31)15-18-2-3-18;1-2-4-6-5-3-1/h5-6,8-9,18,20-22,24H,2-4,7,10-17H2,1H3,(H,30,31);1-6H/t20-,21?,24?;/m1./s1. The molecule has 1 saturated heterocycles. The van der Waals surface area contributed by atoms with E-state index in [4.69, 9.17) is 4.74 Å². The van der Waals surface area contributed by atoms with E-state index in [1.54, 1.807) is 24.1 Å². The fourth-order valence-electron chi connectivity index (χ4n) is 6.20. The number of carboxylic acids is 1.